The molecule has 1 amide bonds. The second kappa shape index (κ2) is 8.83. The van der Waals surface area contributed by atoms with Crippen LogP contribution in [0.4, 0.5) is 0 Å². The number of aromatic nitrogens is 2. The first-order chi connectivity index (χ1) is 11.1. The van der Waals surface area contributed by atoms with E-state index in [1.807, 2.05) is 21.8 Å². The third-order valence-corrected chi connectivity index (χ3v) is 4.57. The summed E-state index contributed by atoms with van der Waals surface area (Å²) in [4.78, 5) is 14.5. The highest BCUT2D eigenvalue weighted by atomic mass is 35.5. The van der Waals surface area contributed by atoms with Crippen molar-refractivity contribution in [2.45, 2.75) is 45.3 Å². The fourth-order valence-corrected chi connectivity index (χ4v) is 3.25. The Morgan fingerprint density at radius 1 is 1.46 bits per heavy atom. The number of amides is 1. The Bertz CT molecular complexity index is 528. The number of hydrogen-bond donors (Lipinski definition) is 1. The molecule has 0 bridgehead atoms. The first kappa shape index (κ1) is 19.2. The molecular weight excluding hydrogens is 328 g/mol. The van der Waals surface area contributed by atoms with Gasteiger partial charge in [0.2, 0.25) is 0 Å². The molecule has 2 saturated heterocycles. The van der Waals surface area contributed by atoms with Gasteiger partial charge >= 0.3 is 0 Å². The van der Waals surface area contributed by atoms with Crippen LogP contribution in [-0.2, 0) is 4.74 Å². The van der Waals surface area contributed by atoms with Gasteiger partial charge < -0.3 is 15.0 Å². The lowest BCUT2D eigenvalue weighted by Gasteiger charge is -2.23. The third kappa shape index (κ3) is 4.71. The normalized spacial score (nSPS) is 24.2. The zero-order chi connectivity index (χ0) is 16.2. The van der Waals surface area contributed by atoms with Crippen LogP contribution in [0.1, 0.15) is 49.6 Å². The predicted molar refractivity (Wildman–Crippen MR) is 95.7 cm³/mol. The van der Waals surface area contributed by atoms with Crippen molar-refractivity contribution in [1.82, 2.24) is 20.0 Å². The van der Waals surface area contributed by atoms with E-state index >= 15 is 0 Å². The van der Waals surface area contributed by atoms with Crippen LogP contribution in [0.2, 0.25) is 0 Å². The summed E-state index contributed by atoms with van der Waals surface area (Å²) in [5.41, 5.74) is 0.556. The molecule has 6 nitrogen and oxygen atoms in total. The van der Waals surface area contributed by atoms with Gasteiger partial charge in [-0.05, 0) is 37.8 Å². The standard InChI is InChI=1S/C17H28N4O2.ClH/c1-13(2)12-23-15-5-8-20(11-15)17(22)16-6-9-21(19-16)14-4-3-7-18-10-14;/h6,9,13-15,18H,3-5,7-8,10-12H2,1-2H3;1H. The first-order valence-corrected chi connectivity index (χ1v) is 8.80. The molecule has 2 aliphatic heterocycles. The molecule has 0 saturated carbocycles. The predicted octanol–water partition coefficient (Wildman–Crippen LogP) is 2.12. The van der Waals surface area contributed by atoms with E-state index in [-0.39, 0.29) is 24.4 Å². The van der Waals surface area contributed by atoms with E-state index in [1.54, 1.807) is 0 Å². The minimum absolute atomic E-state index is 0. The number of nitrogens with one attached hydrogen (secondary N) is 1. The molecule has 1 N–H and O–H groups in total. The van der Waals surface area contributed by atoms with Crippen LogP contribution in [-0.4, -0.2) is 59.5 Å². The smallest absolute Gasteiger partial charge is 0.274 e. The van der Waals surface area contributed by atoms with E-state index in [2.05, 4.69) is 24.3 Å². The highest BCUT2D eigenvalue weighted by Crippen LogP contribution is 2.19. The van der Waals surface area contributed by atoms with Crippen LogP contribution < -0.4 is 5.32 Å². The summed E-state index contributed by atoms with van der Waals surface area (Å²) in [7, 11) is 0. The number of ether oxygens (including phenoxy) is 1. The number of carbonyl (C=O) groups excluding carboxylic acids is 1. The molecule has 2 unspecified atom stereocenters. The SMILES string of the molecule is CC(C)COC1CCN(C(=O)c2ccn(C3CCCNC3)n2)C1.Cl. The van der Waals surface area contributed by atoms with Crippen LogP contribution in [0, 0.1) is 5.92 Å². The number of piperidine rings is 1. The van der Waals surface area contributed by atoms with Crippen molar-refractivity contribution in [3.8, 4) is 0 Å². The van der Waals surface area contributed by atoms with Crippen LogP contribution >= 0.6 is 12.4 Å². The van der Waals surface area contributed by atoms with Gasteiger partial charge in [-0.3, -0.25) is 9.48 Å². The van der Waals surface area contributed by atoms with Crippen molar-refractivity contribution in [3.05, 3.63) is 18.0 Å². The van der Waals surface area contributed by atoms with Crippen LogP contribution in [0.15, 0.2) is 12.3 Å². The maximum absolute atomic E-state index is 12.6. The van der Waals surface area contributed by atoms with E-state index in [1.165, 1.54) is 0 Å². The highest BCUT2D eigenvalue weighted by Gasteiger charge is 2.29. The summed E-state index contributed by atoms with van der Waals surface area (Å²) in [5.74, 6) is 0.558. The topological polar surface area (TPSA) is 59.4 Å². The minimum Gasteiger partial charge on any atom is -0.376 e. The van der Waals surface area contributed by atoms with Crippen molar-refractivity contribution in [2.75, 3.05) is 32.8 Å². The van der Waals surface area contributed by atoms with E-state index < -0.39 is 0 Å². The number of carbonyl (C=O) groups is 1. The third-order valence-electron chi connectivity index (χ3n) is 4.57. The average molecular weight is 357 g/mol. The zero-order valence-electron chi connectivity index (χ0n) is 14.6. The Kier molecular flexibility index (Phi) is 7.07. The van der Waals surface area contributed by atoms with Gasteiger partial charge in [-0.15, -0.1) is 12.4 Å². The molecule has 7 heteroatoms. The van der Waals surface area contributed by atoms with Gasteiger partial charge in [-0.1, -0.05) is 13.8 Å². The summed E-state index contributed by atoms with van der Waals surface area (Å²) >= 11 is 0. The Labute approximate surface area is 150 Å². The molecule has 3 rings (SSSR count). The number of nitrogens with zero attached hydrogens (tertiary/aromatic N) is 3. The molecule has 2 fully saturated rings. The van der Waals surface area contributed by atoms with Crippen molar-refractivity contribution in [3.63, 3.8) is 0 Å². The number of rotatable bonds is 5. The molecule has 3 heterocycles. The lowest BCUT2D eigenvalue weighted by atomic mass is 10.1. The summed E-state index contributed by atoms with van der Waals surface area (Å²) in [6.45, 7) is 8.51. The highest BCUT2D eigenvalue weighted by molar-refractivity contribution is 5.92. The first-order valence-electron chi connectivity index (χ1n) is 8.80. The van der Waals surface area contributed by atoms with Gasteiger partial charge in [-0.2, -0.15) is 5.10 Å². The molecule has 24 heavy (non-hydrogen) atoms. The molecule has 0 aliphatic carbocycles. The van der Waals surface area contributed by atoms with Crippen LogP contribution in [0.3, 0.4) is 0 Å². The summed E-state index contributed by atoms with van der Waals surface area (Å²) < 4.78 is 7.80. The zero-order valence-corrected chi connectivity index (χ0v) is 15.4. The quantitative estimate of drug-likeness (QED) is 0.877. The Morgan fingerprint density at radius 2 is 2.29 bits per heavy atom. The van der Waals surface area contributed by atoms with Gasteiger partial charge in [0.15, 0.2) is 0 Å². The molecule has 0 aromatic carbocycles. The Morgan fingerprint density at radius 3 is 3.00 bits per heavy atom. The average Bonchev–Trinajstić information content (AvgIpc) is 3.23. The molecule has 2 aliphatic rings. The summed E-state index contributed by atoms with van der Waals surface area (Å²) in [5, 5.41) is 7.91. The number of halogens is 1. The van der Waals surface area contributed by atoms with E-state index in [4.69, 9.17) is 4.74 Å². The monoisotopic (exact) mass is 356 g/mol. The van der Waals surface area contributed by atoms with Gasteiger partial charge in [0.1, 0.15) is 5.69 Å². The molecule has 0 spiro atoms. The van der Waals surface area contributed by atoms with Crippen LogP contribution in [0.5, 0.6) is 0 Å². The van der Waals surface area contributed by atoms with E-state index in [0.29, 0.717) is 24.2 Å². The van der Waals surface area contributed by atoms with Crippen LogP contribution in [0.25, 0.3) is 0 Å². The summed E-state index contributed by atoms with van der Waals surface area (Å²) in [6, 6.07) is 2.21. The largest absolute Gasteiger partial charge is 0.376 e. The molecule has 1 aromatic heterocycles. The van der Waals surface area contributed by atoms with Gasteiger partial charge in [0, 0.05) is 32.4 Å². The van der Waals surface area contributed by atoms with Gasteiger partial charge in [-0.25, -0.2) is 0 Å². The van der Waals surface area contributed by atoms with Crippen molar-refractivity contribution >= 4 is 18.3 Å². The fraction of sp³-hybridized carbons (Fsp3) is 0.765. The lowest BCUT2D eigenvalue weighted by Crippen LogP contribution is -2.33. The number of likely N-dealkylation sites (tertiary alicyclic amines) is 1. The van der Waals surface area contributed by atoms with Gasteiger partial charge in [0.25, 0.3) is 5.91 Å². The number of hydrogen-bond acceptors (Lipinski definition) is 4. The fourth-order valence-electron chi connectivity index (χ4n) is 3.25. The Balaban J connectivity index is 0.00000208. The minimum atomic E-state index is 0. The van der Waals surface area contributed by atoms with E-state index in [9.17, 15) is 4.79 Å². The van der Waals surface area contributed by atoms with E-state index in [0.717, 1.165) is 45.5 Å². The molecule has 1 aromatic rings. The lowest BCUT2D eigenvalue weighted by molar-refractivity contribution is 0.0395. The molecule has 136 valence electrons. The van der Waals surface area contributed by atoms with Crippen molar-refractivity contribution in [1.29, 1.82) is 0 Å². The maximum Gasteiger partial charge on any atom is 0.274 e. The molecule has 2 atom stereocenters. The Hall–Kier alpha value is -1.11. The summed E-state index contributed by atoms with van der Waals surface area (Å²) in [6.07, 6.45) is 5.32. The van der Waals surface area contributed by atoms with Gasteiger partial charge in [0.05, 0.1) is 12.1 Å². The maximum atomic E-state index is 12.6. The second-order valence-electron chi connectivity index (χ2n) is 7.07. The molecule has 0 radical (unpaired) electrons. The van der Waals surface area contributed by atoms with Crippen molar-refractivity contribution in [2.24, 2.45) is 5.92 Å². The molecular formula is C17H29ClN4O2. The second-order valence-corrected chi connectivity index (χ2v) is 7.07. The van der Waals surface area contributed by atoms with Crippen molar-refractivity contribution < 1.29 is 9.53 Å².